The van der Waals surface area contributed by atoms with Crippen LogP contribution in [0.2, 0.25) is 10.0 Å². The van der Waals surface area contributed by atoms with E-state index < -0.39 is 0 Å². The average molecular weight is 417 g/mol. The van der Waals surface area contributed by atoms with Gasteiger partial charge in [0.2, 0.25) is 0 Å². The van der Waals surface area contributed by atoms with Crippen molar-refractivity contribution in [1.82, 2.24) is 0 Å². The van der Waals surface area contributed by atoms with Gasteiger partial charge in [0.15, 0.2) is 6.29 Å². The molecule has 0 saturated carbocycles. The predicted molar refractivity (Wildman–Crippen MR) is 112 cm³/mol. The zero-order valence-corrected chi connectivity index (χ0v) is 16.6. The van der Waals surface area contributed by atoms with Crippen LogP contribution in [-0.2, 0) is 0 Å². The monoisotopic (exact) mass is 416 g/mol. The number of halogens is 2. The summed E-state index contributed by atoms with van der Waals surface area (Å²) in [5.41, 5.74) is 1.82. The summed E-state index contributed by atoms with van der Waals surface area (Å²) >= 11 is 11.2. The maximum absolute atomic E-state index is 10.2. The van der Waals surface area contributed by atoms with E-state index in [2.05, 4.69) is 0 Å². The highest BCUT2D eigenvalue weighted by atomic mass is 35.5. The quantitative estimate of drug-likeness (QED) is 0.503. The summed E-state index contributed by atoms with van der Waals surface area (Å²) in [6, 6.07) is 20.7. The van der Waals surface area contributed by atoms with Gasteiger partial charge in [-0.1, -0.05) is 53.5 Å². The van der Waals surface area contributed by atoms with Crippen molar-refractivity contribution in [2.45, 2.75) is 0 Å². The van der Waals surface area contributed by atoms with Crippen LogP contribution in [0, 0.1) is 0 Å². The third-order valence-electron chi connectivity index (χ3n) is 3.27. The Morgan fingerprint density at radius 2 is 1.36 bits per heavy atom. The van der Waals surface area contributed by atoms with Crippen molar-refractivity contribution in [3.8, 4) is 5.75 Å². The fourth-order valence-electron chi connectivity index (χ4n) is 1.83. The molecule has 0 saturated heterocycles. The number of benzene rings is 3. The van der Waals surface area contributed by atoms with Gasteiger partial charge in [-0.3, -0.25) is 14.4 Å². The summed E-state index contributed by atoms with van der Waals surface area (Å²) < 4.78 is 4.90. The van der Waals surface area contributed by atoms with Gasteiger partial charge in [0.25, 0.3) is 0 Å². The number of carbonyl (C=O) groups is 3. The third kappa shape index (κ3) is 8.62. The van der Waals surface area contributed by atoms with Crippen molar-refractivity contribution >= 4 is 42.1 Å². The van der Waals surface area contributed by atoms with Crippen LogP contribution in [0.15, 0.2) is 72.8 Å². The molecule has 4 nitrogen and oxygen atoms in total. The molecule has 28 heavy (non-hydrogen) atoms. The lowest BCUT2D eigenvalue weighted by atomic mass is 10.2. The SMILES string of the molecule is COc1ccc(C=O)cc1.O=Cc1cccc(Cl)c1.O=Cc1ccccc1Cl. The highest BCUT2D eigenvalue weighted by molar-refractivity contribution is 6.32. The lowest BCUT2D eigenvalue weighted by Gasteiger charge is -1.96. The second-order valence-electron chi connectivity index (χ2n) is 5.20. The van der Waals surface area contributed by atoms with E-state index in [1.54, 1.807) is 79.9 Å². The van der Waals surface area contributed by atoms with Crippen LogP contribution >= 0.6 is 23.2 Å². The van der Waals surface area contributed by atoms with Crippen molar-refractivity contribution in [3.05, 3.63) is 99.5 Å². The van der Waals surface area contributed by atoms with Gasteiger partial charge in [0.05, 0.1) is 12.1 Å². The van der Waals surface area contributed by atoms with Crippen molar-refractivity contribution < 1.29 is 19.1 Å². The molecule has 0 spiro atoms. The largest absolute Gasteiger partial charge is 0.497 e. The molecule has 3 rings (SSSR count). The number of methoxy groups -OCH3 is 1. The van der Waals surface area contributed by atoms with Gasteiger partial charge < -0.3 is 4.74 Å². The number of ether oxygens (including phenoxy) is 1. The highest BCUT2D eigenvalue weighted by Crippen LogP contribution is 2.11. The predicted octanol–water partition coefficient (Wildman–Crippen LogP) is 5.81. The first-order valence-electron chi connectivity index (χ1n) is 8.03. The Kier molecular flexibility index (Phi) is 10.9. The van der Waals surface area contributed by atoms with Crippen LogP contribution < -0.4 is 4.74 Å². The van der Waals surface area contributed by atoms with E-state index in [0.717, 1.165) is 24.6 Å². The second-order valence-corrected chi connectivity index (χ2v) is 6.05. The minimum Gasteiger partial charge on any atom is -0.497 e. The van der Waals surface area contributed by atoms with E-state index in [9.17, 15) is 14.4 Å². The van der Waals surface area contributed by atoms with Gasteiger partial charge in [-0.15, -0.1) is 0 Å². The van der Waals surface area contributed by atoms with E-state index in [-0.39, 0.29) is 0 Å². The fourth-order valence-corrected chi connectivity index (χ4v) is 2.21. The molecular weight excluding hydrogens is 399 g/mol. The molecule has 0 radical (unpaired) electrons. The Balaban J connectivity index is 0.000000210. The molecule has 3 aromatic carbocycles. The molecule has 3 aromatic rings. The zero-order chi connectivity index (χ0) is 20.8. The third-order valence-corrected chi connectivity index (χ3v) is 3.85. The fraction of sp³-hybridized carbons (Fsp3) is 0.0455. The maximum Gasteiger partial charge on any atom is 0.151 e. The summed E-state index contributed by atoms with van der Waals surface area (Å²) in [4.78, 5) is 30.4. The Bertz CT molecular complexity index is 893. The molecule has 0 aromatic heterocycles. The molecule has 0 bridgehead atoms. The summed E-state index contributed by atoms with van der Waals surface area (Å²) in [5.74, 6) is 0.769. The van der Waals surface area contributed by atoms with Crippen molar-refractivity contribution in [3.63, 3.8) is 0 Å². The van der Waals surface area contributed by atoms with Crippen LogP contribution in [0.3, 0.4) is 0 Å². The first-order chi connectivity index (χ1) is 13.5. The van der Waals surface area contributed by atoms with Gasteiger partial charge in [0.1, 0.15) is 18.3 Å². The minimum absolute atomic E-state index is 0.507. The smallest absolute Gasteiger partial charge is 0.151 e. The maximum atomic E-state index is 10.2. The van der Waals surface area contributed by atoms with Gasteiger partial charge in [-0.25, -0.2) is 0 Å². The van der Waals surface area contributed by atoms with Gasteiger partial charge >= 0.3 is 0 Å². The molecule has 0 unspecified atom stereocenters. The summed E-state index contributed by atoms with van der Waals surface area (Å²) in [5, 5.41) is 1.10. The summed E-state index contributed by atoms with van der Waals surface area (Å²) in [6.45, 7) is 0. The molecule has 0 atom stereocenters. The molecule has 0 N–H and O–H groups in total. The molecule has 0 heterocycles. The Labute approximate surface area is 173 Å². The van der Waals surface area contributed by atoms with Crippen LogP contribution in [0.1, 0.15) is 31.1 Å². The number of rotatable bonds is 4. The van der Waals surface area contributed by atoms with Gasteiger partial charge in [-0.05, 0) is 42.5 Å². The Morgan fingerprint density at radius 3 is 1.79 bits per heavy atom. The minimum atomic E-state index is 0.507. The van der Waals surface area contributed by atoms with Crippen LogP contribution in [0.4, 0.5) is 0 Å². The Hall–Kier alpha value is -2.95. The first kappa shape index (κ1) is 23.1. The van der Waals surface area contributed by atoms with E-state index >= 15 is 0 Å². The van der Waals surface area contributed by atoms with Gasteiger partial charge in [0, 0.05) is 21.7 Å². The zero-order valence-electron chi connectivity index (χ0n) is 15.0. The van der Waals surface area contributed by atoms with Crippen molar-refractivity contribution in [2.24, 2.45) is 0 Å². The van der Waals surface area contributed by atoms with Gasteiger partial charge in [-0.2, -0.15) is 0 Å². The first-order valence-corrected chi connectivity index (χ1v) is 8.79. The molecule has 0 amide bonds. The molecule has 0 aliphatic carbocycles. The van der Waals surface area contributed by atoms with E-state index in [4.69, 9.17) is 27.9 Å². The molecular formula is C22H18Cl2O4. The van der Waals surface area contributed by atoms with Crippen LogP contribution in [-0.4, -0.2) is 26.0 Å². The van der Waals surface area contributed by atoms with Crippen LogP contribution in [0.25, 0.3) is 0 Å². The number of hydrogen-bond acceptors (Lipinski definition) is 4. The molecule has 144 valence electrons. The topological polar surface area (TPSA) is 60.4 Å². The molecule has 0 aliphatic heterocycles. The normalized spacial score (nSPS) is 8.96. The molecule has 0 fully saturated rings. The summed E-state index contributed by atoms with van der Waals surface area (Å²) in [6.07, 6.45) is 2.31. The molecule has 6 heteroatoms. The standard InChI is InChI=1S/C8H8O2.2C7H5ClO/c1-10-8-4-2-7(6-9)3-5-8;8-7-3-1-2-6(4-7)5-9;8-7-4-2-1-3-6(7)5-9/h2-6H,1H3;2*1-5H. The highest BCUT2D eigenvalue weighted by Gasteiger charge is 1.92. The average Bonchev–Trinajstić information content (AvgIpc) is 2.75. The lowest BCUT2D eigenvalue weighted by Crippen LogP contribution is -1.82. The second kappa shape index (κ2) is 13.3. The van der Waals surface area contributed by atoms with E-state index in [1.807, 2.05) is 0 Å². The number of aldehydes is 3. The Morgan fingerprint density at radius 1 is 0.714 bits per heavy atom. The van der Waals surface area contributed by atoms with Crippen LogP contribution in [0.5, 0.6) is 5.75 Å². The summed E-state index contributed by atoms with van der Waals surface area (Å²) in [7, 11) is 1.59. The number of hydrogen-bond donors (Lipinski definition) is 0. The lowest BCUT2D eigenvalue weighted by molar-refractivity contribution is 0.111. The van der Waals surface area contributed by atoms with Crippen molar-refractivity contribution in [2.75, 3.05) is 7.11 Å². The van der Waals surface area contributed by atoms with E-state index in [0.29, 0.717) is 26.7 Å². The molecule has 0 aliphatic rings. The van der Waals surface area contributed by atoms with Crippen molar-refractivity contribution in [1.29, 1.82) is 0 Å². The number of carbonyl (C=O) groups excluding carboxylic acids is 3. The van der Waals surface area contributed by atoms with E-state index in [1.165, 1.54) is 0 Å².